The summed E-state index contributed by atoms with van der Waals surface area (Å²) in [4.78, 5) is 12.3. The van der Waals surface area contributed by atoms with Crippen LogP contribution in [0, 0.1) is 11.3 Å². The average molecular weight is 284 g/mol. The predicted molar refractivity (Wildman–Crippen MR) is 80.8 cm³/mol. The maximum atomic E-state index is 12.3. The van der Waals surface area contributed by atoms with Crippen LogP contribution in [-0.2, 0) is 16.0 Å². The number of ether oxygens (including phenoxy) is 1. The molecule has 1 aromatic carbocycles. The van der Waals surface area contributed by atoms with Gasteiger partial charge in [-0.1, -0.05) is 30.4 Å². The highest BCUT2D eigenvalue weighted by atomic mass is 32.1. The van der Waals surface area contributed by atoms with Crippen molar-refractivity contribution in [3.8, 4) is 0 Å². The molecule has 1 saturated carbocycles. The van der Waals surface area contributed by atoms with Crippen LogP contribution < -0.4 is 0 Å². The maximum absolute atomic E-state index is 12.3. The number of carbonyl (C=O) groups is 1. The first-order chi connectivity index (χ1) is 9.69. The van der Waals surface area contributed by atoms with Gasteiger partial charge in [0.1, 0.15) is 0 Å². The van der Waals surface area contributed by atoms with Gasteiger partial charge in [0.25, 0.3) is 0 Å². The molecule has 0 N–H and O–H groups in total. The normalized spacial score (nSPS) is 28.9. The number of benzene rings is 1. The van der Waals surface area contributed by atoms with Gasteiger partial charge in [-0.2, -0.15) is 0 Å². The fraction of sp³-hybridized carbons (Fsp3) is 0.353. The van der Waals surface area contributed by atoms with E-state index in [-0.39, 0.29) is 11.4 Å². The largest absolute Gasteiger partial charge is 0.465 e. The maximum Gasteiger partial charge on any atom is 0.313 e. The molecule has 2 aromatic rings. The van der Waals surface area contributed by atoms with Gasteiger partial charge in [0.05, 0.1) is 12.0 Å². The summed E-state index contributed by atoms with van der Waals surface area (Å²) in [5.74, 6) is 0.303. The van der Waals surface area contributed by atoms with Gasteiger partial charge in [0.15, 0.2) is 0 Å². The molecule has 4 rings (SSSR count). The summed E-state index contributed by atoms with van der Waals surface area (Å²) in [6, 6.07) is 8.41. The van der Waals surface area contributed by atoms with Gasteiger partial charge >= 0.3 is 5.97 Å². The van der Waals surface area contributed by atoms with E-state index >= 15 is 0 Å². The number of hydrogen-bond acceptors (Lipinski definition) is 3. The van der Waals surface area contributed by atoms with Crippen molar-refractivity contribution in [3.63, 3.8) is 0 Å². The van der Waals surface area contributed by atoms with E-state index in [0.29, 0.717) is 12.5 Å². The minimum absolute atomic E-state index is 0.0172. The first kappa shape index (κ1) is 12.2. The molecule has 2 nitrogen and oxygen atoms in total. The molecule has 0 bridgehead atoms. The van der Waals surface area contributed by atoms with Crippen molar-refractivity contribution in [1.29, 1.82) is 0 Å². The zero-order valence-corrected chi connectivity index (χ0v) is 12.0. The van der Waals surface area contributed by atoms with Gasteiger partial charge in [0.2, 0.25) is 0 Å². The SMILES string of the molecule is C=C1CC2COC(=O)C2(Cc2csc3ccccc23)C1. The van der Waals surface area contributed by atoms with Gasteiger partial charge in [-0.05, 0) is 41.7 Å². The van der Waals surface area contributed by atoms with Crippen LogP contribution in [0.5, 0.6) is 0 Å². The van der Waals surface area contributed by atoms with Crippen LogP contribution in [0.4, 0.5) is 0 Å². The van der Waals surface area contributed by atoms with Crippen LogP contribution in [0.2, 0.25) is 0 Å². The van der Waals surface area contributed by atoms with E-state index in [4.69, 9.17) is 4.74 Å². The lowest BCUT2D eigenvalue weighted by molar-refractivity contribution is -0.146. The van der Waals surface area contributed by atoms with E-state index < -0.39 is 0 Å². The van der Waals surface area contributed by atoms with Crippen LogP contribution in [0.15, 0.2) is 41.8 Å². The molecule has 2 fully saturated rings. The quantitative estimate of drug-likeness (QED) is 0.616. The molecule has 1 aliphatic carbocycles. The third kappa shape index (κ3) is 1.59. The minimum atomic E-state index is -0.346. The van der Waals surface area contributed by atoms with Crippen molar-refractivity contribution in [2.45, 2.75) is 19.3 Å². The zero-order valence-electron chi connectivity index (χ0n) is 11.2. The number of carbonyl (C=O) groups excluding carboxylic acids is 1. The summed E-state index contributed by atoms with van der Waals surface area (Å²) in [6.45, 7) is 4.67. The molecule has 0 amide bonds. The molecule has 2 atom stereocenters. The van der Waals surface area contributed by atoms with Crippen molar-refractivity contribution in [2.75, 3.05) is 6.61 Å². The summed E-state index contributed by atoms with van der Waals surface area (Å²) in [5, 5.41) is 3.48. The monoisotopic (exact) mass is 284 g/mol. The number of allylic oxidation sites excluding steroid dienone is 1. The standard InChI is InChI=1S/C17H16O2S/c1-11-6-13-9-19-16(18)17(13,7-11)8-12-10-20-15-5-3-2-4-14(12)15/h2-5,10,13H,1,6-9H2. The van der Waals surface area contributed by atoms with Crippen molar-refractivity contribution in [3.05, 3.63) is 47.4 Å². The second-order valence-electron chi connectivity index (χ2n) is 6.02. The van der Waals surface area contributed by atoms with Crippen LogP contribution in [0.1, 0.15) is 18.4 Å². The van der Waals surface area contributed by atoms with Gasteiger partial charge in [-0.3, -0.25) is 4.79 Å². The van der Waals surface area contributed by atoms with Gasteiger partial charge < -0.3 is 4.74 Å². The highest BCUT2D eigenvalue weighted by Crippen LogP contribution is 2.53. The minimum Gasteiger partial charge on any atom is -0.465 e. The molecular weight excluding hydrogens is 268 g/mol. The zero-order chi connectivity index (χ0) is 13.7. The Morgan fingerprint density at radius 3 is 3.15 bits per heavy atom. The van der Waals surface area contributed by atoms with Crippen molar-refractivity contribution < 1.29 is 9.53 Å². The summed E-state index contributed by atoms with van der Waals surface area (Å²) in [6.07, 6.45) is 2.52. The molecule has 2 heterocycles. The second-order valence-corrected chi connectivity index (χ2v) is 6.93. The number of fused-ring (bicyclic) bond motifs is 2. The first-order valence-electron chi connectivity index (χ1n) is 6.98. The van der Waals surface area contributed by atoms with Gasteiger partial charge in [-0.25, -0.2) is 0 Å². The number of hydrogen-bond donors (Lipinski definition) is 0. The van der Waals surface area contributed by atoms with Crippen LogP contribution >= 0.6 is 11.3 Å². The smallest absolute Gasteiger partial charge is 0.313 e. The van der Waals surface area contributed by atoms with Crippen LogP contribution in [-0.4, -0.2) is 12.6 Å². The molecular formula is C17H16O2S. The van der Waals surface area contributed by atoms with Crippen LogP contribution in [0.3, 0.4) is 0 Å². The fourth-order valence-electron chi connectivity index (χ4n) is 3.77. The Hall–Kier alpha value is -1.61. The lowest BCUT2D eigenvalue weighted by Gasteiger charge is -2.23. The third-order valence-corrected chi connectivity index (χ3v) is 5.78. The molecule has 1 aliphatic heterocycles. The number of esters is 1. The lowest BCUT2D eigenvalue weighted by atomic mass is 9.75. The van der Waals surface area contributed by atoms with E-state index in [1.54, 1.807) is 11.3 Å². The van der Waals surface area contributed by atoms with E-state index in [9.17, 15) is 4.79 Å². The molecule has 1 aromatic heterocycles. The second kappa shape index (κ2) is 4.19. The van der Waals surface area contributed by atoms with Gasteiger partial charge in [0, 0.05) is 10.6 Å². The van der Waals surface area contributed by atoms with Crippen molar-refractivity contribution in [2.24, 2.45) is 11.3 Å². The Bertz CT molecular complexity index is 715. The highest BCUT2D eigenvalue weighted by molar-refractivity contribution is 7.17. The summed E-state index contributed by atoms with van der Waals surface area (Å²) in [5.41, 5.74) is 2.14. The Balaban J connectivity index is 1.77. The van der Waals surface area contributed by atoms with E-state index in [2.05, 4.69) is 36.2 Å². The molecule has 2 aliphatic rings. The number of rotatable bonds is 2. The molecule has 20 heavy (non-hydrogen) atoms. The predicted octanol–water partition coefficient (Wildman–Crippen LogP) is 3.95. The third-order valence-electron chi connectivity index (χ3n) is 4.77. The average Bonchev–Trinajstić information content (AvgIpc) is 3.06. The molecule has 1 saturated heterocycles. The Morgan fingerprint density at radius 2 is 2.25 bits per heavy atom. The van der Waals surface area contributed by atoms with E-state index in [0.717, 1.165) is 19.3 Å². The highest BCUT2D eigenvalue weighted by Gasteiger charge is 2.56. The topological polar surface area (TPSA) is 26.3 Å². The first-order valence-corrected chi connectivity index (χ1v) is 7.86. The summed E-state index contributed by atoms with van der Waals surface area (Å²) >= 11 is 1.76. The number of thiophene rings is 1. The number of cyclic esters (lactones) is 1. The fourth-order valence-corrected chi connectivity index (χ4v) is 4.74. The van der Waals surface area contributed by atoms with Crippen molar-refractivity contribution >= 4 is 27.4 Å². The molecule has 0 radical (unpaired) electrons. The molecule has 3 heteroatoms. The van der Waals surface area contributed by atoms with E-state index in [1.165, 1.54) is 21.2 Å². The molecule has 2 unspecified atom stereocenters. The van der Waals surface area contributed by atoms with Crippen molar-refractivity contribution in [1.82, 2.24) is 0 Å². The Morgan fingerprint density at radius 1 is 1.40 bits per heavy atom. The van der Waals surface area contributed by atoms with E-state index in [1.807, 2.05) is 0 Å². The Labute approximate surface area is 122 Å². The molecule has 0 spiro atoms. The summed E-state index contributed by atoms with van der Waals surface area (Å²) in [7, 11) is 0. The lowest BCUT2D eigenvalue weighted by Crippen LogP contribution is -2.31. The molecule has 102 valence electrons. The summed E-state index contributed by atoms with van der Waals surface area (Å²) < 4.78 is 6.65. The van der Waals surface area contributed by atoms with Gasteiger partial charge in [-0.15, -0.1) is 11.3 Å². The van der Waals surface area contributed by atoms with Crippen LogP contribution in [0.25, 0.3) is 10.1 Å². The Kier molecular flexibility index (Phi) is 2.55.